The molecule has 1 aromatic rings. The summed E-state index contributed by atoms with van der Waals surface area (Å²) in [6, 6.07) is 6.95. The summed E-state index contributed by atoms with van der Waals surface area (Å²) in [7, 11) is 2.08. The van der Waals surface area contributed by atoms with Crippen LogP contribution in [0.5, 0.6) is 5.75 Å². The van der Waals surface area contributed by atoms with Crippen molar-refractivity contribution in [2.45, 2.75) is 52.5 Å². The Balaban J connectivity index is 2.21. The molecule has 2 atom stereocenters. The second kappa shape index (κ2) is 7.15. The van der Waals surface area contributed by atoms with Crippen LogP contribution in [0.3, 0.4) is 0 Å². The molecule has 0 aromatic heterocycles. The molecular formula is C18H28BrNO. The number of ether oxygens (including phenoxy) is 1. The lowest BCUT2D eigenvalue weighted by Gasteiger charge is -2.34. The molecule has 0 amide bonds. The summed E-state index contributed by atoms with van der Waals surface area (Å²) in [4.78, 5) is 0. The SMILES string of the molecule is CCCOc1ccc(C(NC)C2CCCC2(C)C)cc1Br. The molecule has 0 spiro atoms. The lowest BCUT2D eigenvalue weighted by molar-refractivity contribution is 0.203. The average molecular weight is 354 g/mol. The molecule has 2 nitrogen and oxygen atoms in total. The molecular weight excluding hydrogens is 326 g/mol. The number of hydrogen-bond donors (Lipinski definition) is 1. The highest BCUT2D eigenvalue weighted by atomic mass is 79.9. The highest BCUT2D eigenvalue weighted by Crippen LogP contribution is 2.49. The van der Waals surface area contributed by atoms with Crippen LogP contribution in [0.15, 0.2) is 22.7 Å². The number of halogens is 1. The monoisotopic (exact) mass is 353 g/mol. The second-order valence-electron chi connectivity index (χ2n) is 6.79. The Morgan fingerprint density at radius 1 is 1.43 bits per heavy atom. The molecule has 1 fully saturated rings. The van der Waals surface area contributed by atoms with Gasteiger partial charge in [-0.15, -0.1) is 0 Å². The fourth-order valence-corrected chi connectivity index (χ4v) is 4.12. The largest absolute Gasteiger partial charge is 0.492 e. The van der Waals surface area contributed by atoms with Crippen LogP contribution < -0.4 is 10.1 Å². The highest BCUT2D eigenvalue weighted by Gasteiger charge is 2.39. The molecule has 3 heteroatoms. The average Bonchev–Trinajstić information content (AvgIpc) is 2.79. The lowest BCUT2D eigenvalue weighted by Crippen LogP contribution is -2.32. The van der Waals surface area contributed by atoms with Crippen molar-refractivity contribution in [3.63, 3.8) is 0 Å². The molecule has 0 heterocycles. The van der Waals surface area contributed by atoms with Crippen molar-refractivity contribution in [1.29, 1.82) is 0 Å². The summed E-state index contributed by atoms with van der Waals surface area (Å²) in [5.41, 5.74) is 1.77. The quantitative estimate of drug-likeness (QED) is 0.746. The van der Waals surface area contributed by atoms with Gasteiger partial charge < -0.3 is 10.1 Å². The summed E-state index contributed by atoms with van der Waals surface area (Å²) in [6.07, 6.45) is 5.01. The Bertz CT molecular complexity index is 472. The third-order valence-corrected chi connectivity index (χ3v) is 5.45. The van der Waals surface area contributed by atoms with E-state index in [-0.39, 0.29) is 0 Å². The first-order valence-corrected chi connectivity index (χ1v) is 8.88. The van der Waals surface area contributed by atoms with E-state index in [2.05, 4.69) is 67.3 Å². The maximum absolute atomic E-state index is 5.75. The lowest BCUT2D eigenvalue weighted by atomic mass is 9.75. The van der Waals surface area contributed by atoms with Crippen molar-refractivity contribution in [1.82, 2.24) is 5.32 Å². The van der Waals surface area contributed by atoms with Gasteiger partial charge in [-0.1, -0.05) is 33.3 Å². The van der Waals surface area contributed by atoms with E-state index >= 15 is 0 Å². The van der Waals surface area contributed by atoms with Gasteiger partial charge in [-0.05, 0) is 71.3 Å². The van der Waals surface area contributed by atoms with Gasteiger partial charge in [0.2, 0.25) is 0 Å². The Morgan fingerprint density at radius 3 is 2.71 bits per heavy atom. The van der Waals surface area contributed by atoms with Gasteiger partial charge in [0.25, 0.3) is 0 Å². The third kappa shape index (κ3) is 3.81. The molecule has 0 bridgehead atoms. The number of benzene rings is 1. The Labute approximate surface area is 137 Å². The summed E-state index contributed by atoms with van der Waals surface area (Å²) >= 11 is 3.66. The van der Waals surface area contributed by atoms with Crippen LogP contribution in [0.2, 0.25) is 0 Å². The van der Waals surface area contributed by atoms with E-state index in [1.165, 1.54) is 24.8 Å². The molecule has 1 saturated carbocycles. The van der Waals surface area contributed by atoms with Crippen molar-refractivity contribution in [2.75, 3.05) is 13.7 Å². The summed E-state index contributed by atoms with van der Waals surface area (Å²) in [6.45, 7) is 7.70. The molecule has 2 unspecified atom stereocenters. The highest BCUT2D eigenvalue weighted by molar-refractivity contribution is 9.10. The molecule has 1 aliphatic carbocycles. The predicted octanol–water partition coefficient (Wildman–Crippen LogP) is 5.32. The van der Waals surface area contributed by atoms with E-state index in [1.807, 2.05) is 0 Å². The zero-order valence-electron chi connectivity index (χ0n) is 13.7. The van der Waals surface area contributed by atoms with Crippen molar-refractivity contribution < 1.29 is 4.74 Å². The topological polar surface area (TPSA) is 21.3 Å². The third-order valence-electron chi connectivity index (χ3n) is 4.83. The normalized spacial score (nSPS) is 22.2. The second-order valence-corrected chi connectivity index (χ2v) is 7.65. The predicted molar refractivity (Wildman–Crippen MR) is 92.9 cm³/mol. The molecule has 118 valence electrons. The van der Waals surface area contributed by atoms with Gasteiger partial charge in [0.15, 0.2) is 0 Å². The zero-order chi connectivity index (χ0) is 15.5. The standard InChI is InChI=1S/C18H28BrNO/c1-5-11-21-16-9-8-13(12-15(16)19)17(20-4)14-7-6-10-18(14,2)3/h8-9,12,14,17,20H,5-7,10-11H2,1-4H3. The van der Waals surface area contributed by atoms with Crippen molar-refractivity contribution in [3.8, 4) is 5.75 Å². The summed E-state index contributed by atoms with van der Waals surface area (Å²) in [5.74, 6) is 1.64. The van der Waals surface area contributed by atoms with Crippen LogP contribution in [-0.2, 0) is 0 Å². The van der Waals surface area contributed by atoms with Crippen LogP contribution in [0.4, 0.5) is 0 Å². The van der Waals surface area contributed by atoms with Gasteiger partial charge in [-0.2, -0.15) is 0 Å². The zero-order valence-corrected chi connectivity index (χ0v) is 15.3. The minimum atomic E-state index is 0.414. The number of nitrogens with one attached hydrogen (secondary N) is 1. The van der Waals surface area contributed by atoms with Crippen LogP contribution in [0.1, 0.15) is 58.1 Å². The van der Waals surface area contributed by atoms with Crippen LogP contribution in [0, 0.1) is 11.3 Å². The van der Waals surface area contributed by atoms with E-state index in [0.29, 0.717) is 17.4 Å². The molecule has 0 saturated heterocycles. The van der Waals surface area contributed by atoms with Gasteiger partial charge in [-0.25, -0.2) is 0 Å². The molecule has 21 heavy (non-hydrogen) atoms. The molecule has 0 radical (unpaired) electrons. The summed E-state index contributed by atoms with van der Waals surface area (Å²) < 4.78 is 6.81. The minimum absolute atomic E-state index is 0.414. The van der Waals surface area contributed by atoms with Gasteiger partial charge in [-0.3, -0.25) is 0 Å². The first kappa shape index (κ1) is 16.8. The van der Waals surface area contributed by atoms with Gasteiger partial charge in [0.1, 0.15) is 5.75 Å². The Kier molecular flexibility index (Phi) is 5.73. The maximum atomic E-state index is 5.75. The smallest absolute Gasteiger partial charge is 0.133 e. The van der Waals surface area contributed by atoms with Crippen molar-refractivity contribution in [2.24, 2.45) is 11.3 Å². The van der Waals surface area contributed by atoms with Crippen LogP contribution in [-0.4, -0.2) is 13.7 Å². The van der Waals surface area contributed by atoms with E-state index < -0.39 is 0 Å². The van der Waals surface area contributed by atoms with Gasteiger partial charge >= 0.3 is 0 Å². The minimum Gasteiger partial charge on any atom is -0.492 e. The maximum Gasteiger partial charge on any atom is 0.133 e. The molecule has 1 aromatic carbocycles. The number of hydrogen-bond acceptors (Lipinski definition) is 2. The first-order valence-electron chi connectivity index (χ1n) is 8.09. The molecule has 0 aliphatic heterocycles. The van der Waals surface area contributed by atoms with Crippen molar-refractivity contribution >= 4 is 15.9 Å². The van der Waals surface area contributed by atoms with Crippen molar-refractivity contribution in [3.05, 3.63) is 28.2 Å². The van der Waals surface area contributed by atoms with E-state index in [0.717, 1.165) is 23.2 Å². The van der Waals surface area contributed by atoms with E-state index in [9.17, 15) is 0 Å². The molecule has 2 rings (SSSR count). The summed E-state index contributed by atoms with van der Waals surface area (Å²) in [5, 5.41) is 3.54. The van der Waals surface area contributed by atoms with Crippen LogP contribution >= 0.6 is 15.9 Å². The van der Waals surface area contributed by atoms with Gasteiger partial charge in [0, 0.05) is 6.04 Å². The molecule has 1 aliphatic rings. The Morgan fingerprint density at radius 2 is 2.19 bits per heavy atom. The number of rotatable bonds is 6. The van der Waals surface area contributed by atoms with E-state index in [4.69, 9.17) is 4.74 Å². The molecule has 1 N–H and O–H groups in total. The van der Waals surface area contributed by atoms with Gasteiger partial charge in [0.05, 0.1) is 11.1 Å². The fraction of sp³-hybridized carbons (Fsp3) is 0.667. The van der Waals surface area contributed by atoms with Crippen LogP contribution in [0.25, 0.3) is 0 Å². The van der Waals surface area contributed by atoms with E-state index in [1.54, 1.807) is 0 Å². The fourth-order valence-electron chi connectivity index (χ4n) is 3.61. The first-order chi connectivity index (χ1) is 9.99. The Hall–Kier alpha value is -0.540.